The fourth-order valence-electron chi connectivity index (χ4n) is 3.11. The van der Waals surface area contributed by atoms with E-state index in [-0.39, 0.29) is 16.8 Å². The zero-order valence-electron chi connectivity index (χ0n) is 17.3. The largest absolute Gasteiger partial charge is 0.375 e. The average molecular weight is 416 g/mol. The first-order chi connectivity index (χ1) is 13.8. The topological polar surface area (TPSA) is 69.7 Å². The third-order valence-corrected chi connectivity index (χ3v) is 7.19. The molecule has 0 unspecified atom stereocenters. The molecule has 0 radical (unpaired) electrons. The Bertz CT molecular complexity index is 936. The molecule has 29 heavy (non-hydrogen) atoms. The van der Waals surface area contributed by atoms with Gasteiger partial charge in [-0.2, -0.15) is 4.31 Å². The van der Waals surface area contributed by atoms with E-state index in [4.69, 9.17) is 0 Å². The van der Waals surface area contributed by atoms with E-state index in [9.17, 15) is 13.2 Å². The Morgan fingerprint density at radius 1 is 1.03 bits per heavy atom. The maximum atomic E-state index is 12.6. The highest BCUT2D eigenvalue weighted by molar-refractivity contribution is 7.89. The molecule has 0 saturated heterocycles. The Kier molecular flexibility index (Phi) is 6.59. The second-order valence-corrected chi connectivity index (χ2v) is 9.55. The van der Waals surface area contributed by atoms with E-state index in [0.717, 1.165) is 37.9 Å². The maximum absolute atomic E-state index is 12.6. The molecular weight excluding hydrogens is 386 g/mol. The normalized spacial score (nSPS) is 14.1. The molecule has 0 aromatic heterocycles. The van der Waals surface area contributed by atoms with E-state index >= 15 is 0 Å². The van der Waals surface area contributed by atoms with Gasteiger partial charge in [-0.1, -0.05) is 13.3 Å². The van der Waals surface area contributed by atoms with Gasteiger partial charge in [0, 0.05) is 43.6 Å². The summed E-state index contributed by atoms with van der Waals surface area (Å²) in [4.78, 5) is 14.9. The van der Waals surface area contributed by atoms with Crippen molar-refractivity contribution in [3.8, 4) is 0 Å². The molecule has 1 saturated carbocycles. The zero-order valence-corrected chi connectivity index (χ0v) is 18.1. The summed E-state index contributed by atoms with van der Waals surface area (Å²) < 4.78 is 26.5. The van der Waals surface area contributed by atoms with Gasteiger partial charge in [-0.3, -0.25) is 4.79 Å². The molecule has 2 aromatic rings. The lowest BCUT2D eigenvalue weighted by Gasteiger charge is -2.19. The van der Waals surface area contributed by atoms with Crippen LogP contribution in [0.3, 0.4) is 0 Å². The monoisotopic (exact) mass is 415 g/mol. The van der Waals surface area contributed by atoms with Crippen molar-refractivity contribution in [3.63, 3.8) is 0 Å². The smallest absolute Gasteiger partial charge is 0.255 e. The number of unbranched alkanes of at least 4 members (excludes halogenated alkanes) is 1. The van der Waals surface area contributed by atoms with Gasteiger partial charge in [0.05, 0.1) is 4.90 Å². The molecule has 2 aromatic carbocycles. The molecule has 1 aliphatic rings. The van der Waals surface area contributed by atoms with Gasteiger partial charge in [-0.25, -0.2) is 8.42 Å². The fourth-order valence-corrected chi connectivity index (χ4v) is 4.52. The van der Waals surface area contributed by atoms with Gasteiger partial charge in [0.2, 0.25) is 10.0 Å². The van der Waals surface area contributed by atoms with Crippen LogP contribution in [-0.4, -0.2) is 45.3 Å². The summed E-state index contributed by atoms with van der Waals surface area (Å²) in [6.45, 7) is 3.14. The van der Waals surface area contributed by atoms with Gasteiger partial charge in [0.15, 0.2) is 0 Å². The molecule has 0 bridgehead atoms. The van der Waals surface area contributed by atoms with Crippen LogP contribution in [0.2, 0.25) is 0 Å². The minimum Gasteiger partial charge on any atom is -0.375 e. The van der Waals surface area contributed by atoms with Crippen LogP contribution in [0.4, 0.5) is 11.4 Å². The summed E-state index contributed by atoms with van der Waals surface area (Å²) in [5.74, 6) is -0.224. The highest BCUT2D eigenvalue weighted by Crippen LogP contribution is 2.30. The van der Waals surface area contributed by atoms with E-state index in [2.05, 4.69) is 17.1 Å². The Morgan fingerprint density at radius 3 is 2.21 bits per heavy atom. The van der Waals surface area contributed by atoms with Gasteiger partial charge in [-0.15, -0.1) is 0 Å². The van der Waals surface area contributed by atoms with E-state index in [1.807, 2.05) is 19.2 Å². The van der Waals surface area contributed by atoms with E-state index < -0.39 is 10.0 Å². The van der Waals surface area contributed by atoms with Crippen molar-refractivity contribution in [2.45, 2.75) is 43.5 Å². The van der Waals surface area contributed by atoms with E-state index in [0.29, 0.717) is 11.3 Å². The van der Waals surface area contributed by atoms with Gasteiger partial charge < -0.3 is 10.2 Å². The minimum atomic E-state index is -3.48. The lowest BCUT2D eigenvalue weighted by Crippen LogP contribution is -2.28. The SMILES string of the molecule is CCCCN(C)c1ccc(C(=O)Nc2ccc(S(=O)(=O)N(C)C3CC3)cc2)cc1. The van der Waals surface area contributed by atoms with Crippen LogP contribution in [0.25, 0.3) is 0 Å². The van der Waals surface area contributed by atoms with Gasteiger partial charge in [0.25, 0.3) is 5.91 Å². The van der Waals surface area contributed by atoms with Crippen LogP contribution in [0, 0.1) is 0 Å². The molecule has 3 rings (SSSR count). The van der Waals surface area contributed by atoms with Gasteiger partial charge in [-0.05, 0) is 67.8 Å². The van der Waals surface area contributed by atoms with Crippen LogP contribution in [0.15, 0.2) is 53.4 Å². The first-order valence-corrected chi connectivity index (χ1v) is 11.5. The number of nitrogens with one attached hydrogen (secondary N) is 1. The van der Waals surface area contributed by atoms with E-state index in [1.165, 1.54) is 16.4 Å². The predicted octanol–water partition coefficient (Wildman–Crippen LogP) is 3.96. The number of carbonyl (C=O) groups excluding carboxylic acids is 1. The van der Waals surface area contributed by atoms with E-state index in [1.54, 1.807) is 31.3 Å². The summed E-state index contributed by atoms with van der Waals surface area (Å²) in [5, 5.41) is 2.82. The number of carbonyl (C=O) groups is 1. The quantitative estimate of drug-likeness (QED) is 0.673. The number of anilines is 2. The number of sulfonamides is 1. The lowest BCUT2D eigenvalue weighted by molar-refractivity contribution is 0.102. The molecule has 0 heterocycles. The second-order valence-electron chi connectivity index (χ2n) is 7.55. The third-order valence-electron chi connectivity index (χ3n) is 5.27. The van der Waals surface area contributed by atoms with Crippen molar-refractivity contribution in [1.82, 2.24) is 4.31 Å². The van der Waals surface area contributed by atoms with Crippen LogP contribution in [0.1, 0.15) is 43.0 Å². The number of hydrogen-bond acceptors (Lipinski definition) is 4. The second kappa shape index (κ2) is 8.97. The van der Waals surface area contributed by atoms with Crippen molar-refractivity contribution in [2.75, 3.05) is 30.9 Å². The third kappa shape index (κ3) is 5.16. The zero-order chi connectivity index (χ0) is 21.0. The summed E-state index contributed by atoms with van der Waals surface area (Å²) in [6, 6.07) is 13.9. The predicted molar refractivity (Wildman–Crippen MR) is 117 cm³/mol. The summed E-state index contributed by atoms with van der Waals surface area (Å²) in [5.41, 5.74) is 2.19. The highest BCUT2D eigenvalue weighted by atomic mass is 32.2. The Balaban J connectivity index is 1.63. The first-order valence-electron chi connectivity index (χ1n) is 10.0. The summed E-state index contributed by atoms with van der Waals surface area (Å²) in [7, 11) is 0.183. The van der Waals surface area contributed by atoms with Crippen LogP contribution in [0.5, 0.6) is 0 Å². The molecule has 0 atom stereocenters. The van der Waals surface area contributed by atoms with Crippen molar-refractivity contribution in [3.05, 3.63) is 54.1 Å². The number of hydrogen-bond donors (Lipinski definition) is 1. The Hall–Kier alpha value is -2.38. The molecule has 1 amide bonds. The summed E-state index contributed by atoms with van der Waals surface area (Å²) >= 11 is 0. The highest BCUT2D eigenvalue weighted by Gasteiger charge is 2.34. The molecule has 7 heteroatoms. The van der Waals surface area contributed by atoms with Crippen LogP contribution in [-0.2, 0) is 10.0 Å². The standard InChI is InChI=1S/C22H29N3O3S/c1-4-5-16-24(2)19-10-6-17(7-11-19)22(26)23-18-8-14-21(15-9-18)29(27,28)25(3)20-12-13-20/h6-11,14-15,20H,4-5,12-13,16H2,1-3H3,(H,23,26). The molecule has 0 spiro atoms. The number of benzene rings is 2. The van der Waals surface area contributed by atoms with Crippen molar-refractivity contribution >= 4 is 27.3 Å². The number of nitrogens with zero attached hydrogens (tertiary/aromatic N) is 2. The Morgan fingerprint density at radius 2 is 1.66 bits per heavy atom. The lowest BCUT2D eigenvalue weighted by atomic mass is 10.1. The summed E-state index contributed by atoms with van der Waals surface area (Å²) in [6.07, 6.45) is 4.09. The maximum Gasteiger partial charge on any atom is 0.255 e. The average Bonchev–Trinajstić information content (AvgIpc) is 3.57. The fraction of sp³-hybridized carbons (Fsp3) is 0.409. The van der Waals surface area contributed by atoms with Crippen molar-refractivity contribution < 1.29 is 13.2 Å². The molecule has 6 nitrogen and oxygen atoms in total. The van der Waals surface area contributed by atoms with Gasteiger partial charge in [0.1, 0.15) is 0 Å². The number of amides is 1. The Labute approximate surface area is 173 Å². The first kappa shape index (κ1) is 21.3. The molecule has 0 aliphatic heterocycles. The molecule has 1 aliphatic carbocycles. The molecule has 1 N–H and O–H groups in total. The molecule has 156 valence electrons. The van der Waals surface area contributed by atoms with Crippen LogP contribution < -0.4 is 10.2 Å². The van der Waals surface area contributed by atoms with Crippen LogP contribution >= 0.6 is 0 Å². The molecular formula is C22H29N3O3S. The minimum absolute atomic E-state index is 0.114. The van der Waals surface area contributed by atoms with Crippen molar-refractivity contribution in [1.29, 1.82) is 0 Å². The van der Waals surface area contributed by atoms with Crippen molar-refractivity contribution in [2.24, 2.45) is 0 Å². The molecule has 1 fully saturated rings. The van der Waals surface area contributed by atoms with Gasteiger partial charge >= 0.3 is 0 Å². The number of rotatable bonds is 9.